The van der Waals surface area contributed by atoms with Gasteiger partial charge in [0.15, 0.2) is 60.3 Å². The van der Waals surface area contributed by atoms with Crippen LogP contribution in [0.1, 0.15) is 126 Å². The van der Waals surface area contributed by atoms with Crippen LogP contribution in [0.3, 0.4) is 0 Å². The summed E-state index contributed by atoms with van der Waals surface area (Å²) < 4.78 is 197. The second kappa shape index (κ2) is 45.0. The lowest BCUT2D eigenvalue weighted by Crippen LogP contribution is -2.41. The van der Waals surface area contributed by atoms with Gasteiger partial charge in [0.05, 0.1) is 53.2 Å². The lowest BCUT2D eigenvalue weighted by Gasteiger charge is -2.32. The van der Waals surface area contributed by atoms with Gasteiger partial charge in [-0.05, 0) is 231 Å². The van der Waals surface area contributed by atoms with E-state index in [1.165, 1.54) is 97.3 Å². The number of carbonyl (C=O) groups excluding carboxylic acids is 6. The Morgan fingerprint density at radius 1 is 0.475 bits per heavy atom. The third-order valence-electron chi connectivity index (χ3n) is 19.5. The number of likely N-dealkylation sites (tertiary alicyclic amines) is 5. The maximum absolute atomic E-state index is 13.1. The Labute approximate surface area is 731 Å². The summed E-state index contributed by atoms with van der Waals surface area (Å²) in [7, 11) is -18.2. The number of carbonyl (C=O) groups is 6. The van der Waals surface area contributed by atoms with Crippen molar-refractivity contribution in [3.05, 3.63) is 178 Å². The number of ether oxygens (including phenoxy) is 3. The minimum atomic E-state index is -3.64. The van der Waals surface area contributed by atoms with Gasteiger partial charge in [0, 0.05) is 92.3 Å². The van der Waals surface area contributed by atoms with Crippen LogP contribution in [0.15, 0.2) is 208 Å². The fourth-order valence-electron chi connectivity index (χ4n) is 12.0. The van der Waals surface area contributed by atoms with Crippen molar-refractivity contribution in [2.75, 3.05) is 81.9 Å². The van der Waals surface area contributed by atoms with Crippen molar-refractivity contribution in [2.45, 2.75) is 172 Å². The van der Waals surface area contributed by atoms with Crippen LogP contribution in [0.5, 0.6) is 17.2 Å². The van der Waals surface area contributed by atoms with Gasteiger partial charge in [0.2, 0.25) is 29.5 Å². The van der Waals surface area contributed by atoms with Crippen LogP contribution in [0.2, 0.25) is 0 Å². The molecule has 6 heterocycles. The van der Waals surface area contributed by atoms with Crippen molar-refractivity contribution in [2.24, 2.45) is 5.73 Å². The molecule has 4 N–H and O–H groups in total. The predicted molar refractivity (Wildman–Crippen MR) is 459 cm³/mol. The summed E-state index contributed by atoms with van der Waals surface area (Å²) in [4.78, 5) is 77.4. The Kier molecular flexibility index (Phi) is 37.2. The van der Waals surface area contributed by atoms with E-state index in [-0.39, 0.29) is 127 Å². The zero-order valence-electron chi connectivity index (χ0n) is 68.4. The van der Waals surface area contributed by atoms with Gasteiger partial charge in [-0.25, -0.2) is 55.1 Å². The average molecular weight is 1940 g/mol. The summed E-state index contributed by atoms with van der Waals surface area (Å²) in [6.07, 6.45) is 6.58. The van der Waals surface area contributed by atoms with E-state index in [0.717, 1.165) is 27.2 Å². The van der Waals surface area contributed by atoms with Crippen molar-refractivity contribution in [1.82, 2.24) is 24.5 Å². The van der Waals surface area contributed by atoms with E-state index in [4.69, 9.17) is 38.9 Å². The molecule has 0 bridgehead atoms. The molecule has 12 rings (SSSR count). The average Bonchev–Trinajstić information content (AvgIpc) is 1.50. The first-order valence-corrected chi connectivity index (χ1v) is 49.4. The normalized spacial score (nSPS) is 17.1. The maximum Gasteiger partial charge on any atom is 0.494 e. The first-order valence-electron chi connectivity index (χ1n) is 38.5. The SMILES string of the molecule is CC(C)(C)OC(=O)CC/C(=C\F)COc1ccc(S(=O)(=O)CN2CCCC2=O)cc1.CC1(C)OB(c2ccc(S(=O)(=O)CN3CCCC3=O)cc2)OC1(C)C.NC/C(=C\F)COc1ccc(S(=O)(=O)CN2CCCC2=O)cc1.O=C1CCCN1CS(=O)(=O)c1ccc(Br)cc1.O=C1CCCN1CS(=O)(=O)c1ccc(O)cc1.O=S(O)c1ccc(Br)cc1. The minimum absolute atomic E-state index is 0.00137. The van der Waals surface area contributed by atoms with Crippen molar-refractivity contribution in [3.8, 4) is 17.2 Å². The third kappa shape index (κ3) is 31.1. The number of phenols is 1. The van der Waals surface area contributed by atoms with Crippen molar-refractivity contribution in [3.63, 3.8) is 0 Å². The first-order chi connectivity index (χ1) is 57.1. The van der Waals surface area contributed by atoms with Crippen LogP contribution in [0.4, 0.5) is 8.78 Å². The molecule has 6 fully saturated rings. The summed E-state index contributed by atoms with van der Waals surface area (Å²) in [5.41, 5.74) is 5.18. The first kappa shape index (κ1) is 101. The molecule has 6 aliphatic rings. The molecule has 122 heavy (non-hydrogen) atoms. The maximum atomic E-state index is 13.1. The fourth-order valence-corrected chi connectivity index (χ4v) is 19.9. The molecule has 6 aromatic carbocycles. The smallest absolute Gasteiger partial charge is 0.494 e. The number of esters is 1. The van der Waals surface area contributed by atoms with E-state index in [9.17, 15) is 83.8 Å². The highest BCUT2D eigenvalue weighted by molar-refractivity contribution is 9.10. The number of rotatable bonds is 27. The number of sulfone groups is 5. The van der Waals surface area contributed by atoms with Crippen LogP contribution in [0.25, 0.3) is 0 Å². The molecule has 41 heteroatoms. The monoisotopic (exact) mass is 1940 g/mol. The predicted octanol–water partition coefficient (Wildman–Crippen LogP) is 10.5. The standard InChI is InChI=1S/C21H28FNO6S.C17H24BNO5S.C15H19FN2O4S.C11H12BrNO3S.C11H13NO4S.C6H5BrO2S/c1-21(2,3)29-20(25)11-6-16(13-22)14-28-17-7-9-18(10-8-17)30(26,27)15-23-12-4-5-19(23)24;1-16(2)17(3,4)24-18(23-16)13-7-9-14(10-8-13)25(21,22)12-19-11-5-6-15(19)20;16-8-12(9-17)10-22-13-3-5-14(6-4-13)23(20,21)11-18-7-1-2-15(18)19;12-9-3-5-10(6-4-9)17(15,16)8-13-7-1-2-11(13)14;13-9-3-5-10(6-4-9)17(15,16)8-12-7-1-2-11(12)14;7-5-1-3-6(4-2-5)10(8)9/h7-10,13H,4-6,11-12,14-15H2,1-3H3;7-10H,5-6,11-12H2,1-4H3;3-6,8H,1-2,7,9-11,17H2;3-6H,1-2,7-8H2;3-6,13H,1-2,7-8H2;1-4H,(H,8,9)/b16-13+;;12-8+;;;. The van der Waals surface area contributed by atoms with Crippen LogP contribution < -0.4 is 20.7 Å². The van der Waals surface area contributed by atoms with E-state index in [1.54, 1.807) is 93.6 Å². The van der Waals surface area contributed by atoms with E-state index < -0.39 is 90.2 Å². The number of halogens is 4. The van der Waals surface area contributed by atoms with Gasteiger partial charge in [-0.15, -0.1) is 0 Å². The highest BCUT2D eigenvalue weighted by atomic mass is 79.9. The molecule has 0 aromatic heterocycles. The van der Waals surface area contributed by atoms with Gasteiger partial charge < -0.3 is 63.4 Å². The Hall–Kier alpha value is -8.36. The minimum Gasteiger partial charge on any atom is -0.508 e. The largest absolute Gasteiger partial charge is 0.508 e. The molecule has 0 spiro atoms. The summed E-state index contributed by atoms with van der Waals surface area (Å²) in [5, 5.41) is 9.09. The molecule has 1 atom stereocenters. The number of hydrogen-bond acceptors (Lipinski definition) is 24. The molecular formula is C81H101BBr2F2N6O24S6. The Balaban J connectivity index is 0.000000206. The van der Waals surface area contributed by atoms with Gasteiger partial charge in [0.1, 0.15) is 65.4 Å². The number of nitrogens with two attached hydrogens (primary N) is 1. The molecule has 5 amide bonds. The second-order valence-electron chi connectivity index (χ2n) is 30.7. The molecule has 0 aliphatic carbocycles. The highest BCUT2D eigenvalue weighted by Gasteiger charge is 2.52. The molecule has 6 saturated heterocycles. The quantitative estimate of drug-likeness (QED) is 0.0245. The highest BCUT2D eigenvalue weighted by Crippen LogP contribution is 2.37. The van der Waals surface area contributed by atoms with Crippen molar-refractivity contribution < 1.29 is 117 Å². The van der Waals surface area contributed by atoms with Crippen molar-refractivity contribution >= 4 is 140 Å². The Morgan fingerprint density at radius 3 is 1.02 bits per heavy atom. The summed E-state index contributed by atoms with van der Waals surface area (Å²) in [5.74, 6) is -1.64. The number of amides is 5. The van der Waals surface area contributed by atoms with Crippen LogP contribution >= 0.6 is 31.9 Å². The van der Waals surface area contributed by atoms with Gasteiger partial charge >= 0.3 is 13.1 Å². The van der Waals surface area contributed by atoms with Crippen LogP contribution in [-0.4, -0.2) is 222 Å². The summed E-state index contributed by atoms with van der Waals surface area (Å²) >= 11 is 4.61. The zero-order valence-corrected chi connectivity index (χ0v) is 76.5. The number of nitrogens with zero attached hydrogens (tertiary/aromatic N) is 5. The lowest BCUT2D eigenvalue weighted by molar-refractivity contribution is -0.154. The third-order valence-corrected chi connectivity index (χ3v) is 29.4. The number of hydrogen-bond donors (Lipinski definition) is 3. The zero-order chi connectivity index (χ0) is 90.2. The molecule has 0 radical (unpaired) electrons. The molecule has 1 unspecified atom stereocenters. The van der Waals surface area contributed by atoms with Gasteiger partial charge in [-0.1, -0.05) is 44.0 Å². The summed E-state index contributed by atoms with van der Waals surface area (Å²) in [6.45, 7) is 15.6. The van der Waals surface area contributed by atoms with Gasteiger partial charge in [-0.2, -0.15) is 0 Å². The van der Waals surface area contributed by atoms with E-state index in [0.29, 0.717) is 119 Å². The van der Waals surface area contributed by atoms with E-state index in [2.05, 4.69) is 31.9 Å². The molecule has 6 aliphatic heterocycles. The molecule has 0 saturated carbocycles. The molecule has 30 nitrogen and oxygen atoms in total. The molecule has 6 aromatic rings. The Morgan fingerprint density at radius 2 is 0.754 bits per heavy atom. The molecule has 666 valence electrons. The number of aromatic hydroxyl groups is 1. The van der Waals surface area contributed by atoms with Gasteiger partial charge in [-0.3, -0.25) is 28.8 Å². The van der Waals surface area contributed by atoms with Crippen LogP contribution in [0, 0.1) is 0 Å². The lowest BCUT2D eigenvalue weighted by atomic mass is 9.79. The summed E-state index contributed by atoms with van der Waals surface area (Å²) in [6, 6.07) is 36.5. The second-order valence-corrected chi connectivity index (χ2v) is 43.3. The van der Waals surface area contributed by atoms with Crippen LogP contribution in [-0.2, 0) is 103 Å². The molecular weight excluding hydrogens is 1840 g/mol. The topological polar surface area (TPSA) is 419 Å². The van der Waals surface area contributed by atoms with E-state index in [1.807, 2.05) is 27.7 Å². The fraction of sp³-hybridized carbons (Fsp3) is 0.432. The van der Waals surface area contributed by atoms with Crippen molar-refractivity contribution in [1.29, 1.82) is 0 Å². The Bertz CT molecular complexity index is 5200. The number of phenolic OH excluding ortho intramolecular Hbond substituents is 1. The van der Waals surface area contributed by atoms with Gasteiger partial charge in [0.25, 0.3) is 0 Å². The van der Waals surface area contributed by atoms with E-state index >= 15 is 0 Å². The number of benzene rings is 6.